The smallest absolute Gasteiger partial charge is 0.157 e. The molecule has 0 atom stereocenters. The second kappa shape index (κ2) is 4.07. The van der Waals surface area contributed by atoms with Gasteiger partial charge in [0.15, 0.2) is 6.29 Å². The van der Waals surface area contributed by atoms with Crippen molar-refractivity contribution < 1.29 is 9.47 Å². The lowest BCUT2D eigenvalue weighted by atomic mass is 10.1. The molecule has 1 heterocycles. The van der Waals surface area contributed by atoms with Crippen molar-refractivity contribution in [3.05, 3.63) is 0 Å². The Hall–Kier alpha value is -0.0800. The Morgan fingerprint density at radius 3 is 2.27 bits per heavy atom. The molecule has 0 aromatic heterocycles. The summed E-state index contributed by atoms with van der Waals surface area (Å²) < 4.78 is 11.0. The van der Waals surface area contributed by atoms with Gasteiger partial charge in [0.25, 0.3) is 0 Å². The van der Waals surface area contributed by atoms with Gasteiger partial charge in [0.05, 0.1) is 13.2 Å². The molecule has 0 aromatic carbocycles. The number of hydrogen-bond donors (Lipinski definition) is 0. The minimum atomic E-state index is 0.0613. The van der Waals surface area contributed by atoms with E-state index in [0.717, 1.165) is 19.6 Å². The Balaban J connectivity index is 2.17. The van der Waals surface area contributed by atoms with E-state index in [-0.39, 0.29) is 6.29 Å². The van der Waals surface area contributed by atoms with Crippen LogP contribution in [-0.2, 0) is 9.47 Å². The maximum Gasteiger partial charge on any atom is 0.157 e. The van der Waals surface area contributed by atoms with Crippen LogP contribution in [0.25, 0.3) is 0 Å². The van der Waals surface area contributed by atoms with Crippen LogP contribution in [0.5, 0.6) is 0 Å². The maximum absolute atomic E-state index is 5.48. The second-order valence-electron chi connectivity index (χ2n) is 3.83. The van der Waals surface area contributed by atoms with Crippen LogP contribution in [0.1, 0.15) is 27.2 Å². The third-order valence-corrected chi connectivity index (χ3v) is 1.80. The van der Waals surface area contributed by atoms with Gasteiger partial charge in [-0.25, -0.2) is 0 Å². The predicted molar refractivity (Wildman–Crippen MR) is 44.3 cm³/mol. The molecule has 1 saturated heterocycles. The van der Waals surface area contributed by atoms with Crippen LogP contribution in [0, 0.1) is 11.8 Å². The average Bonchev–Trinajstić information content (AvgIpc) is 1.93. The molecule has 0 amide bonds. The van der Waals surface area contributed by atoms with Crippen LogP contribution < -0.4 is 0 Å². The molecule has 0 spiro atoms. The molecule has 2 nitrogen and oxygen atoms in total. The Morgan fingerprint density at radius 1 is 1.27 bits per heavy atom. The molecular weight excluding hydrogens is 140 g/mol. The monoisotopic (exact) mass is 158 g/mol. The van der Waals surface area contributed by atoms with Crippen molar-refractivity contribution in [1.29, 1.82) is 0 Å². The minimum Gasteiger partial charge on any atom is -0.352 e. The molecule has 0 aliphatic carbocycles. The molecule has 0 unspecified atom stereocenters. The third kappa shape index (κ3) is 3.21. The summed E-state index contributed by atoms with van der Waals surface area (Å²) >= 11 is 0. The van der Waals surface area contributed by atoms with Gasteiger partial charge < -0.3 is 9.47 Å². The lowest BCUT2D eigenvalue weighted by Gasteiger charge is -2.28. The van der Waals surface area contributed by atoms with Gasteiger partial charge in [0.2, 0.25) is 0 Å². The molecule has 2 heteroatoms. The topological polar surface area (TPSA) is 18.5 Å². The van der Waals surface area contributed by atoms with Gasteiger partial charge in [-0.15, -0.1) is 0 Å². The zero-order chi connectivity index (χ0) is 8.27. The molecule has 66 valence electrons. The second-order valence-corrected chi connectivity index (χ2v) is 3.83. The maximum atomic E-state index is 5.48. The fourth-order valence-electron chi connectivity index (χ4n) is 1.16. The highest BCUT2D eigenvalue weighted by Crippen LogP contribution is 2.16. The lowest BCUT2D eigenvalue weighted by Crippen LogP contribution is -2.31. The van der Waals surface area contributed by atoms with Crippen LogP contribution in [0.15, 0.2) is 0 Å². The molecule has 1 aliphatic heterocycles. The van der Waals surface area contributed by atoms with Crippen LogP contribution in [0.3, 0.4) is 0 Å². The first-order valence-electron chi connectivity index (χ1n) is 4.41. The molecule has 1 rings (SSSR count). The Labute approximate surface area is 68.9 Å². The van der Waals surface area contributed by atoms with Crippen molar-refractivity contribution in [2.75, 3.05) is 13.2 Å². The van der Waals surface area contributed by atoms with E-state index < -0.39 is 0 Å². The molecule has 1 aliphatic rings. The van der Waals surface area contributed by atoms with Gasteiger partial charge in [-0.1, -0.05) is 20.8 Å². The largest absolute Gasteiger partial charge is 0.352 e. The van der Waals surface area contributed by atoms with Gasteiger partial charge in [-0.3, -0.25) is 0 Å². The molecule has 11 heavy (non-hydrogen) atoms. The van der Waals surface area contributed by atoms with E-state index >= 15 is 0 Å². The molecular formula is C9H18O2. The van der Waals surface area contributed by atoms with Crippen LogP contribution >= 0.6 is 0 Å². The summed E-state index contributed by atoms with van der Waals surface area (Å²) in [7, 11) is 0. The van der Waals surface area contributed by atoms with Gasteiger partial charge in [-0.2, -0.15) is 0 Å². The van der Waals surface area contributed by atoms with Crippen LogP contribution in [-0.4, -0.2) is 19.5 Å². The summed E-state index contributed by atoms with van der Waals surface area (Å²) in [6.45, 7) is 8.23. The highest BCUT2D eigenvalue weighted by atomic mass is 16.7. The van der Waals surface area contributed by atoms with E-state index in [1.165, 1.54) is 0 Å². The lowest BCUT2D eigenvalue weighted by molar-refractivity contribution is -0.203. The molecule has 1 fully saturated rings. The SMILES string of the molecule is CC(C)CC1OCC(C)CO1. The van der Waals surface area contributed by atoms with Crippen molar-refractivity contribution in [2.45, 2.75) is 33.5 Å². The first-order chi connectivity index (χ1) is 5.18. The molecule has 0 N–H and O–H groups in total. The summed E-state index contributed by atoms with van der Waals surface area (Å²) in [6.07, 6.45) is 1.08. The van der Waals surface area contributed by atoms with E-state index in [1.54, 1.807) is 0 Å². The molecule has 0 aromatic rings. The fraction of sp³-hybridized carbons (Fsp3) is 1.00. The summed E-state index contributed by atoms with van der Waals surface area (Å²) in [5.41, 5.74) is 0. The Kier molecular flexibility index (Phi) is 3.34. The van der Waals surface area contributed by atoms with Crippen LogP contribution in [0.4, 0.5) is 0 Å². The van der Waals surface area contributed by atoms with Gasteiger partial charge in [0.1, 0.15) is 0 Å². The highest BCUT2D eigenvalue weighted by Gasteiger charge is 2.19. The molecule has 0 saturated carbocycles. The van der Waals surface area contributed by atoms with Gasteiger partial charge in [0, 0.05) is 12.3 Å². The summed E-state index contributed by atoms with van der Waals surface area (Å²) in [4.78, 5) is 0. The zero-order valence-electron chi connectivity index (χ0n) is 7.67. The van der Waals surface area contributed by atoms with Crippen molar-refractivity contribution in [2.24, 2.45) is 11.8 Å². The van der Waals surface area contributed by atoms with Crippen molar-refractivity contribution in [3.63, 3.8) is 0 Å². The highest BCUT2D eigenvalue weighted by molar-refractivity contribution is 4.59. The standard InChI is InChI=1S/C9H18O2/c1-7(2)4-9-10-5-8(3)6-11-9/h7-9H,4-6H2,1-3H3. The third-order valence-electron chi connectivity index (χ3n) is 1.80. The Bertz CT molecular complexity index is 104. The summed E-state index contributed by atoms with van der Waals surface area (Å²) in [6, 6.07) is 0. The van der Waals surface area contributed by atoms with E-state index in [2.05, 4.69) is 20.8 Å². The van der Waals surface area contributed by atoms with Gasteiger partial charge >= 0.3 is 0 Å². The number of hydrogen-bond acceptors (Lipinski definition) is 2. The van der Waals surface area contributed by atoms with E-state index in [1.807, 2.05) is 0 Å². The van der Waals surface area contributed by atoms with Crippen molar-refractivity contribution >= 4 is 0 Å². The summed E-state index contributed by atoms with van der Waals surface area (Å²) in [5, 5.41) is 0. The minimum absolute atomic E-state index is 0.0613. The Morgan fingerprint density at radius 2 is 1.82 bits per heavy atom. The van der Waals surface area contributed by atoms with E-state index in [0.29, 0.717) is 11.8 Å². The average molecular weight is 158 g/mol. The summed E-state index contributed by atoms with van der Waals surface area (Å²) in [5.74, 6) is 1.23. The number of ether oxygens (including phenoxy) is 2. The molecule has 0 radical (unpaired) electrons. The van der Waals surface area contributed by atoms with Crippen LogP contribution in [0.2, 0.25) is 0 Å². The molecule has 0 bridgehead atoms. The number of rotatable bonds is 2. The predicted octanol–water partition coefficient (Wildman–Crippen LogP) is 2.04. The zero-order valence-corrected chi connectivity index (χ0v) is 7.67. The van der Waals surface area contributed by atoms with E-state index in [4.69, 9.17) is 9.47 Å². The fourth-order valence-corrected chi connectivity index (χ4v) is 1.16. The first-order valence-corrected chi connectivity index (χ1v) is 4.41. The first kappa shape index (κ1) is 9.01. The van der Waals surface area contributed by atoms with E-state index in [9.17, 15) is 0 Å². The van der Waals surface area contributed by atoms with Crippen molar-refractivity contribution in [3.8, 4) is 0 Å². The van der Waals surface area contributed by atoms with Crippen molar-refractivity contribution in [1.82, 2.24) is 0 Å². The quantitative estimate of drug-likeness (QED) is 0.612. The van der Waals surface area contributed by atoms with Gasteiger partial charge in [-0.05, 0) is 5.92 Å². The normalized spacial score (nSPS) is 32.7.